The van der Waals surface area contributed by atoms with E-state index in [-0.39, 0.29) is 31.2 Å². The molecular formula is C19H25N3O6S. The Balaban J connectivity index is 1.94. The van der Waals surface area contributed by atoms with E-state index in [1.165, 1.54) is 28.4 Å². The number of hydrogen-bond acceptors (Lipinski definition) is 6. The highest BCUT2D eigenvalue weighted by Gasteiger charge is 2.43. The third kappa shape index (κ3) is 4.27. The van der Waals surface area contributed by atoms with Gasteiger partial charge in [-0.2, -0.15) is 17.0 Å². The number of para-hydroxylation sites is 1. The summed E-state index contributed by atoms with van der Waals surface area (Å²) in [7, 11) is -2.95. The number of rotatable bonds is 5. The molecule has 0 aliphatic carbocycles. The molecule has 1 atom stereocenters. The molecule has 158 valence electrons. The lowest BCUT2D eigenvalue weighted by Crippen LogP contribution is -2.55. The Kier molecular flexibility index (Phi) is 6.53. The second-order valence-electron chi connectivity index (χ2n) is 7.14. The molecule has 0 N–H and O–H groups in total. The van der Waals surface area contributed by atoms with Crippen LogP contribution in [-0.4, -0.2) is 68.7 Å². The van der Waals surface area contributed by atoms with Gasteiger partial charge < -0.3 is 14.4 Å². The zero-order chi connectivity index (χ0) is 21.0. The van der Waals surface area contributed by atoms with Gasteiger partial charge in [0.15, 0.2) is 0 Å². The molecule has 1 unspecified atom stereocenters. The lowest BCUT2D eigenvalue weighted by atomic mass is 10.0. The molecule has 9 nitrogen and oxygen atoms in total. The van der Waals surface area contributed by atoms with Crippen molar-refractivity contribution in [3.8, 4) is 0 Å². The highest BCUT2D eigenvalue weighted by Crippen LogP contribution is 2.28. The zero-order valence-electron chi connectivity index (χ0n) is 16.3. The Morgan fingerprint density at radius 3 is 2.34 bits per heavy atom. The van der Waals surface area contributed by atoms with E-state index in [0.29, 0.717) is 25.7 Å². The van der Waals surface area contributed by atoms with Gasteiger partial charge in [-0.05, 0) is 37.8 Å². The number of methoxy groups -OCH3 is 1. The fourth-order valence-corrected chi connectivity index (χ4v) is 5.35. The molecule has 0 aromatic heterocycles. The van der Waals surface area contributed by atoms with Crippen LogP contribution in [0, 0.1) is 5.92 Å². The van der Waals surface area contributed by atoms with Gasteiger partial charge in [-0.1, -0.05) is 18.2 Å². The summed E-state index contributed by atoms with van der Waals surface area (Å²) < 4.78 is 33.6. The smallest absolute Gasteiger partial charge is 0.340 e. The quantitative estimate of drug-likeness (QED) is 0.524. The molecule has 0 radical (unpaired) electrons. The maximum absolute atomic E-state index is 13.4. The summed E-state index contributed by atoms with van der Waals surface area (Å²) in [6, 6.07) is 6.50. The summed E-state index contributed by atoms with van der Waals surface area (Å²) in [5.41, 5.74) is 0.200. The summed E-state index contributed by atoms with van der Waals surface area (Å²) in [6.45, 7) is 0.580. The summed E-state index contributed by atoms with van der Waals surface area (Å²) in [4.78, 5) is 37.7. The number of urea groups is 1. The number of esters is 1. The van der Waals surface area contributed by atoms with Crippen molar-refractivity contribution in [3.05, 3.63) is 30.3 Å². The first-order valence-electron chi connectivity index (χ1n) is 9.59. The maximum atomic E-state index is 13.4. The summed E-state index contributed by atoms with van der Waals surface area (Å²) in [5, 5.41) is 0. The van der Waals surface area contributed by atoms with Crippen LogP contribution in [0.2, 0.25) is 0 Å². The van der Waals surface area contributed by atoms with Gasteiger partial charge in [0.2, 0.25) is 0 Å². The number of hydrogen-bond donors (Lipinski definition) is 0. The molecule has 2 aliphatic rings. The number of aldehydes is 1. The lowest BCUT2D eigenvalue weighted by molar-refractivity contribution is -0.144. The molecule has 2 amide bonds. The van der Waals surface area contributed by atoms with Gasteiger partial charge in [-0.25, -0.2) is 9.59 Å². The lowest BCUT2D eigenvalue weighted by Gasteiger charge is -2.36. The van der Waals surface area contributed by atoms with Gasteiger partial charge in [0.05, 0.1) is 12.8 Å². The SMILES string of the molecule is COC(=O)C1CCCN1C(=O)N(c1ccccc1)S(=O)(=O)N1CCC(C=O)CC1. The largest absolute Gasteiger partial charge is 0.467 e. The fourth-order valence-electron chi connectivity index (χ4n) is 3.76. The van der Waals surface area contributed by atoms with E-state index in [2.05, 4.69) is 0 Å². The number of likely N-dealkylation sites (tertiary alicyclic amines) is 1. The zero-order valence-corrected chi connectivity index (χ0v) is 17.1. The van der Waals surface area contributed by atoms with Crippen LogP contribution in [0.3, 0.4) is 0 Å². The molecule has 1 aromatic rings. The first-order chi connectivity index (χ1) is 13.9. The normalized spacial score (nSPS) is 21.0. The van der Waals surface area contributed by atoms with E-state index in [9.17, 15) is 22.8 Å². The van der Waals surface area contributed by atoms with E-state index in [0.717, 1.165) is 10.6 Å². The van der Waals surface area contributed by atoms with Crippen LogP contribution in [0.5, 0.6) is 0 Å². The van der Waals surface area contributed by atoms with Gasteiger partial charge in [-0.15, -0.1) is 0 Å². The molecule has 2 heterocycles. The van der Waals surface area contributed by atoms with Crippen molar-refractivity contribution in [2.45, 2.75) is 31.7 Å². The molecule has 2 fully saturated rings. The minimum atomic E-state index is -4.19. The Labute approximate surface area is 170 Å². The number of carbonyl (C=O) groups is 3. The number of piperidine rings is 1. The molecule has 0 saturated carbocycles. The van der Waals surface area contributed by atoms with Crippen LogP contribution >= 0.6 is 0 Å². The highest BCUT2D eigenvalue weighted by atomic mass is 32.2. The van der Waals surface area contributed by atoms with Crippen LogP contribution in [0.25, 0.3) is 0 Å². The average molecular weight is 423 g/mol. The van der Waals surface area contributed by atoms with Crippen molar-refractivity contribution >= 4 is 34.2 Å². The van der Waals surface area contributed by atoms with Crippen molar-refractivity contribution < 1.29 is 27.5 Å². The molecule has 0 spiro atoms. The molecule has 2 aliphatic heterocycles. The standard InChI is InChI=1S/C19H25N3O6S/c1-28-18(24)17-8-5-11-21(17)19(25)22(16-6-3-2-4-7-16)29(26,27)20-12-9-15(14-23)10-13-20/h2-4,6-7,14-15,17H,5,8-13H2,1H3. The van der Waals surface area contributed by atoms with Gasteiger partial charge >= 0.3 is 22.2 Å². The van der Waals surface area contributed by atoms with Gasteiger partial charge in [0, 0.05) is 25.6 Å². The Bertz CT molecular complexity index is 852. The molecule has 3 rings (SSSR count). The number of anilines is 1. The number of benzene rings is 1. The number of amides is 2. The molecule has 29 heavy (non-hydrogen) atoms. The van der Waals surface area contributed by atoms with Crippen LogP contribution in [0.1, 0.15) is 25.7 Å². The third-order valence-corrected chi connectivity index (χ3v) is 7.23. The fraction of sp³-hybridized carbons (Fsp3) is 0.526. The van der Waals surface area contributed by atoms with Gasteiger partial charge in [-0.3, -0.25) is 0 Å². The number of nitrogens with zero attached hydrogens (tertiary/aromatic N) is 3. The molecule has 10 heteroatoms. The summed E-state index contributed by atoms with van der Waals surface area (Å²) in [6.07, 6.45) is 2.67. The molecule has 0 bridgehead atoms. The van der Waals surface area contributed by atoms with Crippen LogP contribution in [-0.2, 0) is 24.5 Å². The van der Waals surface area contributed by atoms with E-state index >= 15 is 0 Å². The third-order valence-electron chi connectivity index (χ3n) is 5.38. The number of carbonyl (C=O) groups excluding carboxylic acids is 3. The van der Waals surface area contributed by atoms with E-state index in [1.54, 1.807) is 18.2 Å². The van der Waals surface area contributed by atoms with Crippen LogP contribution in [0.4, 0.5) is 10.5 Å². The molecule has 2 saturated heterocycles. The van der Waals surface area contributed by atoms with Crippen molar-refractivity contribution in [1.29, 1.82) is 0 Å². The van der Waals surface area contributed by atoms with Crippen molar-refractivity contribution in [3.63, 3.8) is 0 Å². The topological polar surface area (TPSA) is 104 Å². The van der Waals surface area contributed by atoms with Crippen LogP contribution < -0.4 is 4.31 Å². The average Bonchev–Trinajstić information content (AvgIpc) is 3.24. The van der Waals surface area contributed by atoms with Crippen molar-refractivity contribution in [2.24, 2.45) is 5.92 Å². The summed E-state index contributed by atoms with van der Waals surface area (Å²) >= 11 is 0. The number of ether oxygens (including phenoxy) is 1. The van der Waals surface area contributed by atoms with E-state index in [1.807, 2.05) is 0 Å². The van der Waals surface area contributed by atoms with Crippen LogP contribution in [0.15, 0.2) is 30.3 Å². The minimum Gasteiger partial charge on any atom is -0.467 e. The molecule has 1 aromatic carbocycles. The first kappa shape index (κ1) is 21.3. The van der Waals surface area contributed by atoms with Gasteiger partial charge in [0.1, 0.15) is 12.3 Å². The summed E-state index contributed by atoms with van der Waals surface area (Å²) in [5.74, 6) is -0.738. The van der Waals surface area contributed by atoms with E-state index < -0.39 is 28.3 Å². The Morgan fingerprint density at radius 2 is 1.76 bits per heavy atom. The Hall–Kier alpha value is -2.46. The maximum Gasteiger partial charge on any atom is 0.340 e. The monoisotopic (exact) mass is 423 g/mol. The minimum absolute atomic E-state index is 0.156. The second kappa shape index (κ2) is 8.91. The van der Waals surface area contributed by atoms with Crippen molar-refractivity contribution in [1.82, 2.24) is 9.21 Å². The Morgan fingerprint density at radius 1 is 1.10 bits per heavy atom. The van der Waals surface area contributed by atoms with Gasteiger partial charge in [0.25, 0.3) is 0 Å². The second-order valence-corrected chi connectivity index (χ2v) is 8.91. The predicted octanol–water partition coefficient (Wildman–Crippen LogP) is 1.41. The van der Waals surface area contributed by atoms with E-state index in [4.69, 9.17) is 4.74 Å². The predicted molar refractivity (Wildman–Crippen MR) is 105 cm³/mol. The first-order valence-corrected chi connectivity index (χ1v) is 11.0. The highest BCUT2D eigenvalue weighted by molar-refractivity contribution is 7.91. The van der Waals surface area contributed by atoms with Crippen molar-refractivity contribution in [2.75, 3.05) is 31.0 Å². The molecular weight excluding hydrogens is 398 g/mol.